The van der Waals surface area contributed by atoms with Crippen LogP contribution in [0.3, 0.4) is 0 Å². The summed E-state index contributed by atoms with van der Waals surface area (Å²) in [6.07, 6.45) is 15.4. The number of halogens is 2. The molecule has 0 unspecified atom stereocenters. The van der Waals surface area contributed by atoms with E-state index in [0.717, 1.165) is 64.0 Å². The molecule has 12 aromatic rings. The third-order valence-electron chi connectivity index (χ3n) is 15.1. The summed E-state index contributed by atoms with van der Waals surface area (Å²) in [7, 11) is 0. The van der Waals surface area contributed by atoms with Crippen molar-refractivity contribution in [2.75, 3.05) is 0 Å². The van der Waals surface area contributed by atoms with Gasteiger partial charge in [0.2, 0.25) is 0 Å². The van der Waals surface area contributed by atoms with E-state index in [1.807, 2.05) is 0 Å². The Morgan fingerprint density at radius 1 is 0.360 bits per heavy atom. The van der Waals surface area contributed by atoms with Crippen LogP contribution in [0.4, 0.5) is 0 Å². The number of aryl methyl sites for hydroxylation is 2. The fraction of sp³-hybridized carbons (Fsp3) is 0.242. The summed E-state index contributed by atoms with van der Waals surface area (Å²) in [5.74, 6) is 0. The average Bonchev–Trinajstić information content (AvgIpc) is 4.30. The minimum Gasteiger partial charge on any atom is -0.340 e. The zero-order valence-corrected chi connectivity index (χ0v) is 48.3. The van der Waals surface area contributed by atoms with Crippen molar-refractivity contribution in [1.82, 2.24) is 19.1 Å². The maximum atomic E-state index is 5.71. The summed E-state index contributed by atoms with van der Waals surface area (Å²) in [5, 5.41) is 5.30. The van der Waals surface area contributed by atoms with E-state index in [0.29, 0.717) is 0 Å². The summed E-state index contributed by atoms with van der Waals surface area (Å²) in [6.45, 7) is 6.64. The Morgan fingerprint density at radius 2 is 0.733 bits per heavy atom. The van der Waals surface area contributed by atoms with Crippen LogP contribution >= 0.6 is 65.9 Å². The molecule has 0 N–H and O–H groups in total. The Balaban J connectivity index is 0.934. The van der Waals surface area contributed by atoms with Crippen molar-refractivity contribution in [3.63, 3.8) is 0 Å². The molecular weight excluding hydrogens is 1100 g/mol. The number of fused-ring (bicyclic) bond motifs is 7. The van der Waals surface area contributed by atoms with Gasteiger partial charge in [-0.3, -0.25) is 0 Å². The van der Waals surface area contributed by atoms with Crippen molar-refractivity contribution in [2.45, 2.75) is 104 Å². The number of unbranched alkanes of at least 4 members (excludes halogenated alkanes) is 10. The molecule has 6 aromatic heterocycles. The fourth-order valence-corrected chi connectivity index (χ4v) is 15.4. The first-order chi connectivity index (χ1) is 36.9. The molecule has 0 bridgehead atoms. The molecule has 4 nitrogen and oxygen atoms in total. The van der Waals surface area contributed by atoms with Crippen LogP contribution in [0.15, 0.2) is 165 Å². The summed E-state index contributed by atoms with van der Waals surface area (Å²) in [4.78, 5) is 16.1. The molecule has 9 heteroatoms. The number of aromatic nitrogens is 4. The van der Waals surface area contributed by atoms with Crippen LogP contribution in [0.5, 0.6) is 0 Å². The van der Waals surface area contributed by atoms with Gasteiger partial charge in [-0.2, -0.15) is 0 Å². The van der Waals surface area contributed by atoms with Gasteiger partial charge in [-0.15, -0.1) is 34.0 Å². The second-order valence-corrected chi connectivity index (χ2v) is 26.0. The second kappa shape index (κ2) is 22.5. The highest BCUT2D eigenvalue weighted by atomic mass is 79.9. The molecule has 75 heavy (non-hydrogen) atoms. The highest BCUT2D eigenvalue weighted by Gasteiger charge is 2.24. The molecule has 376 valence electrons. The molecule has 0 atom stereocenters. The molecule has 6 aromatic carbocycles. The van der Waals surface area contributed by atoms with Crippen molar-refractivity contribution in [3.8, 4) is 64.3 Å². The molecule has 0 aliphatic rings. The normalized spacial score (nSPS) is 11.9. The number of benzene rings is 6. The quantitative estimate of drug-likeness (QED) is 0.0713. The van der Waals surface area contributed by atoms with Crippen molar-refractivity contribution < 1.29 is 0 Å². The summed E-state index contributed by atoms with van der Waals surface area (Å²) >= 11 is 12.8. The summed E-state index contributed by atoms with van der Waals surface area (Å²) in [6, 6.07) is 58.7. The monoisotopic (exact) mass is 1160 g/mol. The topological polar surface area (TPSA) is 35.6 Å². The highest BCUT2D eigenvalue weighted by molar-refractivity contribution is 9.11. The minimum atomic E-state index is 0.880. The lowest BCUT2D eigenvalue weighted by molar-refractivity contribution is 0.571. The van der Waals surface area contributed by atoms with Crippen LogP contribution < -0.4 is 0 Å². The molecule has 6 heterocycles. The van der Waals surface area contributed by atoms with Crippen molar-refractivity contribution in [2.24, 2.45) is 0 Å². The summed E-state index contributed by atoms with van der Waals surface area (Å²) in [5.41, 5.74) is 15.8. The first-order valence-electron chi connectivity index (χ1n) is 27.0. The van der Waals surface area contributed by atoms with Gasteiger partial charge >= 0.3 is 0 Å². The van der Waals surface area contributed by atoms with Crippen molar-refractivity contribution in [3.05, 3.63) is 165 Å². The Bertz CT molecular complexity index is 3710. The average molecular weight is 1170 g/mol. The number of nitrogens with zero attached hydrogens (tertiary/aromatic N) is 4. The van der Waals surface area contributed by atoms with Crippen LogP contribution in [-0.2, 0) is 13.1 Å². The smallest absolute Gasteiger partial charge is 0.110 e. The maximum Gasteiger partial charge on any atom is 0.110 e. The number of hydrogen-bond acceptors (Lipinski definition) is 5. The van der Waals surface area contributed by atoms with E-state index in [4.69, 9.17) is 9.97 Å². The van der Waals surface area contributed by atoms with Gasteiger partial charge in [0.1, 0.15) is 11.0 Å². The van der Waals surface area contributed by atoms with E-state index in [2.05, 4.69) is 213 Å². The van der Waals surface area contributed by atoms with Crippen LogP contribution in [-0.4, -0.2) is 19.1 Å². The lowest BCUT2D eigenvalue weighted by Crippen LogP contribution is -1.98. The largest absolute Gasteiger partial charge is 0.340 e. The van der Waals surface area contributed by atoms with Crippen LogP contribution in [0.2, 0.25) is 0 Å². The van der Waals surface area contributed by atoms with Crippen LogP contribution in [0.1, 0.15) is 90.9 Å². The molecule has 0 saturated heterocycles. The highest BCUT2D eigenvalue weighted by Crippen LogP contribution is 2.49. The van der Waals surface area contributed by atoms with Gasteiger partial charge in [-0.1, -0.05) is 187 Å². The molecule has 0 aliphatic carbocycles. The lowest BCUT2D eigenvalue weighted by atomic mass is 9.97. The van der Waals surface area contributed by atoms with Gasteiger partial charge in [0.25, 0.3) is 0 Å². The molecular formula is C66H60Br2N4S3. The van der Waals surface area contributed by atoms with E-state index >= 15 is 0 Å². The van der Waals surface area contributed by atoms with Crippen LogP contribution in [0, 0.1) is 0 Å². The predicted octanol–water partition coefficient (Wildman–Crippen LogP) is 22.3. The Morgan fingerprint density at radius 3 is 1.15 bits per heavy atom. The SMILES string of the molecule is CCCCCCCCn1c2ccccc2c2ccc(-c3ccc(-c4nc5c(-c6ccc(Br)s6)sc(-c6ccc(Br)s6)c5nc4-c4ccc(-c5ccc6c7ccccc7n(CCCCCCCC)c6c5)cc4)cc3)cc21. The fourth-order valence-electron chi connectivity index (χ4n) is 11.2. The minimum absolute atomic E-state index is 0.880. The van der Waals surface area contributed by atoms with Gasteiger partial charge < -0.3 is 9.13 Å². The molecule has 0 amide bonds. The molecule has 0 saturated carbocycles. The van der Waals surface area contributed by atoms with E-state index in [1.54, 1.807) is 34.0 Å². The molecule has 0 spiro atoms. The number of para-hydroxylation sites is 2. The van der Waals surface area contributed by atoms with Gasteiger partial charge in [-0.05, 0) is 115 Å². The number of thiophene rings is 3. The third kappa shape index (κ3) is 10.1. The Labute approximate surface area is 469 Å². The maximum absolute atomic E-state index is 5.71. The van der Waals surface area contributed by atoms with E-state index in [-0.39, 0.29) is 0 Å². The van der Waals surface area contributed by atoms with E-state index < -0.39 is 0 Å². The standard InChI is InChI=1S/C66H60Br2N4S3/c1-3-5-7-9-11-17-39-71-53-21-15-13-19-49(53)51-33-31-47(41-55(51)71)43-23-27-45(28-24-43)61-62(70-64-63(69-61)65(57-35-37-59(67)73-57)75-66(64)58-36-38-60(68)74-58)46-29-25-44(26-30-46)48-32-34-52-50-20-14-16-22-54(50)72(56(52)42-48)40-18-12-10-8-6-4-2/h13-16,19-38,41-42H,3-12,17-18,39-40H2,1-2H3. The lowest BCUT2D eigenvalue weighted by Gasteiger charge is -2.13. The van der Waals surface area contributed by atoms with Gasteiger partial charge in [-0.25, -0.2) is 9.97 Å². The van der Waals surface area contributed by atoms with Gasteiger partial charge in [0.15, 0.2) is 0 Å². The zero-order valence-electron chi connectivity index (χ0n) is 42.7. The van der Waals surface area contributed by atoms with Gasteiger partial charge in [0, 0.05) is 77.6 Å². The second-order valence-electron chi connectivity index (χ2n) is 20.1. The number of hydrogen-bond donors (Lipinski definition) is 0. The molecule has 12 rings (SSSR count). The molecule has 0 radical (unpaired) electrons. The zero-order chi connectivity index (χ0) is 50.8. The predicted molar refractivity (Wildman–Crippen MR) is 334 cm³/mol. The van der Waals surface area contributed by atoms with E-state index in [9.17, 15) is 0 Å². The molecule has 0 aliphatic heterocycles. The van der Waals surface area contributed by atoms with Crippen molar-refractivity contribution >= 4 is 121 Å². The molecule has 0 fully saturated rings. The summed E-state index contributed by atoms with van der Waals surface area (Å²) < 4.78 is 7.32. The Hall–Kier alpha value is -5.68. The van der Waals surface area contributed by atoms with Crippen LogP contribution in [0.25, 0.3) is 119 Å². The third-order valence-corrected chi connectivity index (χ3v) is 19.9. The Kier molecular flexibility index (Phi) is 15.0. The first-order valence-corrected chi connectivity index (χ1v) is 31.1. The number of rotatable bonds is 20. The first kappa shape index (κ1) is 50.2. The van der Waals surface area contributed by atoms with Gasteiger partial charge in [0.05, 0.1) is 28.7 Å². The van der Waals surface area contributed by atoms with Crippen molar-refractivity contribution in [1.29, 1.82) is 0 Å². The van der Waals surface area contributed by atoms with E-state index in [1.165, 1.54) is 153 Å².